The van der Waals surface area contributed by atoms with E-state index in [4.69, 9.17) is 0 Å². The van der Waals surface area contributed by atoms with Crippen LogP contribution >= 0.6 is 0 Å². The van der Waals surface area contributed by atoms with Gasteiger partial charge in [0.25, 0.3) is 0 Å². The van der Waals surface area contributed by atoms with Crippen molar-refractivity contribution in [3.63, 3.8) is 0 Å². The van der Waals surface area contributed by atoms with E-state index in [2.05, 4.69) is 129 Å². The monoisotopic (exact) mass is 400 g/mol. The van der Waals surface area contributed by atoms with Gasteiger partial charge in [-0.15, -0.1) is 0 Å². The predicted molar refractivity (Wildman–Crippen MR) is 131 cm³/mol. The SMILES string of the molecule is Cc1c[n+](C)c(-c2ccccc2C)cc1-c1ccc2cc(-c3ccccc3)ccc2c1. The summed E-state index contributed by atoms with van der Waals surface area (Å²) in [6.45, 7) is 4.37. The Kier molecular flexibility index (Phi) is 4.88. The Balaban J connectivity index is 1.61. The van der Waals surface area contributed by atoms with Gasteiger partial charge in [0, 0.05) is 17.2 Å². The quantitative estimate of drug-likeness (QED) is 0.280. The average molecular weight is 401 g/mol. The maximum atomic E-state index is 2.33. The van der Waals surface area contributed by atoms with Crippen molar-refractivity contribution in [2.24, 2.45) is 7.05 Å². The van der Waals surface area contributed by atoms with Crippen LogP contribution in [0.2, 0.25) is 0 Å². The summed E-state index contributed by atoms with van der Waals surface area (Å²) in [4.78, 5) is 0. The third kappa shape index (κ3) is 3.64. The molecule has 1 nitrogen and oxygen atoms in total. The molecule has 5 rings (SSSR count). The molecule has 0 spiro atoms. The van der Waals surface area contributed by atoms with E-state index in [1.54, 1.807) is 0 Å². The normalized spacial score (nSPS) is 11.1. The summed E-state index contributed by atoms with van der Waals surface area (Å²) >= 11 is 0. The number of hydrogen-bond donors (Lipinski definition) is 0. The molecule has 31 heavy (non-hydrogen) atoms. The lowest BCUT2D eigenvalue weighted by Gasteiger charge is -2.11. The zero-order valence-electron chi connectivity index (χ0n) is 18.3. The van der Waals surface area contributed by atoms with Gasteiger partial charge in [-0.2, -0.15) is 0 Å². The van der Waals surface area contributed by atoms with Gasteiger partial charge in [0.05, 0.1) is 0 Å². The van der Waals surface area contributed by atoms with Crippen LogP contribution in [0.3, 0.4) is 0 Å². The van der Waals surface area contributed by atoms with E-state index in [1.807, 2.05) is 0 Å². The maximum Gasteiger partial charge on any atom is 0.213 e. The van der Waals surface area contributed by atoms with Crippen LogP contribution in [0.5, 0.6) is 0 Å². The van der Waals surface area contributed by atoms with Crippen LogP contribution in [0.15, 0.2) is 103 Å². The summed E-state index contributed by atoms with van der Waals surface area (Å²) in [5.41, 5.74) is 10.1. The van der Waals surface area contributed by atoms with Crippen molar-refractivity contribution < 1.29 is 4.57 Å². The number of aromatic nitrogens is 1. The first-order valence-corrected chi connectivity index (χ1v) is 10.8. The Morgan fingerprint density at radius 1 is 0.516 bits per heavy atom. The largest absolute Gasteiger partial charge is 0.213 e. The molecule has 0 amide bonds. The van der Waals surface area contributed by atoms with E-state index >= 15 is 0 Å². The summed E-state index contributed by atoms with van der Waals surface area (Å²) in [5.74, 6) is 0. The predicted octanol–water partition coefficient (Wildman–Crippen LogP) is 7.28. The Bertz CT molecular complexity index is 1400. The van der Waals surface area contributed by atoms with E-state index in [1.165, 1.54) is 55.4 Å². The van der Waals surface area contributed by atoms with Gasteiger partial charge < -0.3 is 0 Å². The van der Waals surface area contributed by atoms with E-state index in [-0.39, 0.29) is 0 Å². The van der Waals surface area contributed by atoms with Gasteiger partial charge in [-0.05, 0) is 70.6 Å². The summed E-state index contributed by atoms with van der Waals surface area (Å²) in [6, 6.07) is 35.0. The molecule has 0 aliphatic rings. The number of nitrogens with zero attached hydrogens (tertiary/aromatic N) is 1. The Morgan fingerprint density at radius 3 is 1.90 bits per heavy atom. The fourth-order valence-corrected chi connectivity index (χ4v) is 4.44. The summed E-state index contributed by atoms with van der Waals surface area (Å²) in [6.07, 6.45) is 2.24. The number of hydrogen-bond acceptors (Lipinski definition) is 0. The number of rotatable bonds is 3. The fraction of sp³-hybridized carbons (Fsp3) is 0.100. The molecule has 5 aromatic rings. The standard InChI is InChI=1S/C30H26N/c1-21-9-7-8-12-28(21)30-19-29(22(2)20-31(30)3)27-16-15-25-17-24(13-14-26(25)18-27)23-10-5-4-6-11-23/h4-20H,1-3H3/q+1. The van der Waals surface area contributed by atoms with E-state index < -0.39 is 0 Å². The molecule has 4 aromatic carbocycles. The molecule has 0 saturated heterocycles. The van der Waals surface area contributed by atoms with Crippen molar-refractivity contribution in [2.45, 2.75) is 13.8 Å². The van der Waals surface area contributed by atoms with Crippen molar-refractivity contribution in [1.29, 1.82) is 0 Å². The van der Waals surface area contributed by atoms with Crippen LogP contribution in [-0.2, 0) is 7.05 Å². The second kappa shape index (κ2) is 7.85. The fourth-order valence-electron chi connectivity index (χ4n) is 4.44. The molecule has 150 valence electrons. The van der Waals surface area contributed by atoms with Gasteiger partial charge in [-0.1, -0.05) is 72.8 Å². The lowest BCUT2D eigenvalue weighted by molar-refractivity contribution is -0.660. The van der Waals surface area contributed by atoms with Gasteiger partial charge >= 0.3 is 0 Å². The van der Waals surface area contributed by atoms with Crippen LogP contribution in [0.1, 0.15) is 11.1 Å². The second-order valence-corrected chi connectivity index (χ2v) is 8.32. The Morgan fingerprint density at radius 2 is 1.16 bits per heavy atom. The highest BCUT2D eigenvalue weighted by molar-refractivity contribution is 5.91. The molecule has 0 aliphatic carbocycles. The first-order valence-electron chi connectivity index (χ1n) is 10.8. The molecule has 0 bridgehead atoms. The summed E-state index contributed by atoms with van der Waals surface area (Å²) in [7, 11) is 2.13. The van der Waals surface area contributed by atoms with Crippen LogP contribution < -0.4 is 4.57 Å². The minimum absolute atomic E-state index is 1.23. The molecule has 0 saturated carbocycles. The van der Waals surface area contributed by atoms with E-state index in [9.17, 15) is 0 Å². The third-order valence-corrected chi connectivity index (χ3v) is 6.15. The van der Waals surface area contributed by atoms with Crippen molar-refractivity contribution in [2.75, 3.05) is 0 Å². The molecule has 0 atom stereocenters. The minimum Gasteiger partial charge on any atom is -0.201 e. The second-order valence-electron chi connectivity index (χ2n) is 8.32. The number of fused-ring (bicyclic) bond motifs is 1. The Labute approximate surface area is 184 Å². The van der Waals surface area contributed by atoms with Gasteiger partial charge in [-0.3, -0.25) is 0 Å². The minimum atomic E-state index is 1.23. The van der Waals surface area contributed by atoms with Gasteiger partial charge in [0.15, 0.2) is 6.20 Å². The maximum absolute atomic E-state index is 2.33. The molecule has 0 aliphatic heterocycles. The van der Waals surface area contributed by atoms with Gasteiger partial charge in [-0.25, -0.2) is 4.57 Å². The van der Waals surface area contributed by atoms with Crippen molar-refractivity contribution in [3.8, 4) is 33.5 Å². The topological polar surface area (TPSA) is 3.88 Å². The lowest BCUT2D eigenvalue weighted by atomic mass is 9.94. The molecule has 1 aromatic heterocycles. The highest BCUT2D eigenvalue weighted by Crippen LogP contribution is 2.32. The molecule has 0 unspecified atom stereocenters. The van der Waals surface area contributed by atoms with Crippen LogP contribution in [0, 0.1) is 13.8 Å². The zero-order chi connectivity index (χ0) is 21.4. The van der Waals surface area contributed by atoms with Crippen LogP contribution in [0.4, 0.5) is 0 Å². The average Bonchev–Trinajstić information content (AvgIpc) is 2.80. The molecule has 0 fully saturated rings. The summed E-state index contributed by atoms with van der Waals surface area (Å²) in [5, 5.41) is 2.53. The molecular weight excluding hydrogens is 374 g/mol. The molecular formula is C30H26N+. The van der Waals surface area contributed by atoms with Crippen molar-refractivity contribution >= 4 is 10.8 Å². The molecule has 1 heteroatoms. The number of pyridine rings is 1. The third-order valence-electron chi connectivity index (χ3n) is 6.15. The zero-order valence-corrected chi connectivity index (χ0v) is 18.3. The highest BCUT2D eigenvalue weighted by atomic mass is 14.9. The first kappa shape index (κ1) is 19.3. The van der Waals surface area contributed by atoms with Gasteiger partial charge in [0.2, 0.25) is 5.69 Å². The van der Waals surface area contributed by atoms with Crippen molar-refractivity contribution in [1.82, 2.24) is 0 Å². The summed E-state index contributed by atoms with van der Waals surface area (Å²) < 4.78 is 2.23. The molecule has 1 heterocycles. The molecule has 0 radical (unpaired) electrons. The highest BCUT2D eigenvalue weighted by Gasteiger charge is 2.16. The number of benzene rings is 4. The lowest BCUT2D eigenvalue weighted by Crippen LogP contribution is -2.31. The Hall–Kier alpha value is -3.71. The smallest absolute Gasteiger partial charge is 0.201 e. The van der Waals surface area contributed by atoms with E-state index in [0.717, 1.165) is 0 Å². The van der Waals surface area contributed by atoms with E-state index in [0.29, 0.717) is 0 Å². The van der Waals surface area contributed by atoms with Crippen molar-refractivity contribution in [3.05, 3.63) is 114 Å². The molecule has 0 N–H and O–H groups in total. The van der Waals surface area contributed by atoms with Crippen LogP contribution in [0.25, 0.3) is 44.3 Å². The van der Waals surface area contributed by atoms with Crippen LogP contribution in [-0.4, -0.2) is 0 Å². The van der Waals surface area contributed by atoms with Gasteiger partial charge in [0.1, 0.15) is 7.05 Å². The first-order chi connectivity index (χ1) is 15.1. The number of aryl methyl sites for hydroxylation is 3.